The second-order valence-corrected chi connectivity index (χ2v) is 5.94. The Labute approximate surface area is 126 Å². The Balaban J connectivity index is 1.92. The summed E-state index contributed by atoms with van der Waals surface area (Å²) >= 11 is 0. The molecule has 0 atom stereocenters. The van der Waals surface area contributed by atoms with Crippen LogP contribution in [0.4, 0.5) is 11.6 Å². The van der Waals surface area contributed by atoms with Crippen molar-refractivity contribution in [3.63, 3.8) is 0 Å². The number of anilines is 2. The predicted octanol–water partition coefficient (Wildman–Crippen LogP) is 3.93. The van der Waals surface area contributed by atoms with E-state index >= 15 is 0 Å². The molecule has 1 aromatic carbocycles. The highest BCUT2D eigenvalue weighted by Gasteiger charge is 2.37. The highest BCUT2D eigenvalue weighted by Crippen LogP contribution is 2.38. The third-order valence-corrected chi connectivity index (χ3v) is 3.74. The highest BCUT2D eigenvalue weighted by atomic mass is 15.1. The molecule has 0 amide bonds. The minimum atomic E-state index is 0.213. The molecule has 0 saturated heterocycles. The van der Waals surface area contributed by atoms with Crippen molar-refractivity contribution in [3.05, 3.63) is 36.4 Å². The molecule has 4 heteroatoms. The van der Waals surface area contributed by atoms with Gasteiger partial charge in [-0.1, -0.05) is 37.3 Å². The van der Waals surface area contributed by atoms with Crippen LogP contribution in [0.25, 0.3) is 11.4 Å². The first-order chi connectivity index (χ1) is 10.2. The van der Waals surface area contributed by atoms with Gasteiger partial charge in [0.15, 0.2) is 5.82 Å². The van der Waals surface area contributed by atoms with Crippen molar-refractivity contribution in [3.8, 4) is 11.4 Å². The van der Waals surface area contributed by atoms with Crippen LogP contribution >= 0.6 is 0 Å². The van der Waals surface area contributed by atoms with Gasteiger partial charge in [0.1, 0.15) is 11.6 Å². The summed E-state index contributed by atoms with van der Waals surface area (Å²) in [5.41, 5.74) is 1.26. The zero-order chi connectivity index (χ0) is 14.7. The van der Waals surface area contributed by atoms with Crippen molar-refractivity contribution in [1.82, 2.24) is 9.97 Å². The van der Waals surface area contributed by atoms with Gasteiger partial charge >= 0.3 is 0 Å². The maximum absolute atomic E-state index is 4.67. The Morgan fingerprint density at radius 1 is 1.10 bits per heavy atom. The summed E-state index contributed by atoms with van der Waals surface area (Å²) in [6.45, 7) is 5.30. The fourth-order valence-electron chi connectivity index (χ4n) is 2.19. The Morgan fingerprint density at radius 3 is 2.48 bits per heavy atom. The molecule has 0 spiro atoms. The van der Waals surface area contributed by atoms with Gasteiger partial charge in [-0.3, -0.25) is 0 Å². The quantitative estimate of drug-likeness (QED) is 0.843. The van der Waals surface area contributed by atoms with E-state index in [0.29, 0.717) is 0 Å². The van der Waals surface area contributed by atoms with Gasteiger partial charge < -0.3 is 10.6 Å². The van der Waals surface area contributed by atoms with Gasteiger partial charge in [0.05, 0.1) is 0 Å². The maximum Gasteiger partial charge on any atom is 0.163 e. The molecule has 0 unspecified atom stereocenters. The normalized spacial score (nSPS) is 15.5. The highest BCUT2D eigenvalue weighted by molar-refractivity contribution is 5.61. The molecule has 2 aromatic rings. The van der Waals surface area contributed by atoms with Gasteiger partial charge in [-0.2, -0.15) is 0 Å². The second-order valence-electron chi connectivity index (χ2n) is 5.94. The van der Waals surface area contributed by atoms with Crippen LogP contribution in [-0.4, -0.2) is 22.1 Å². The number of hydrogen-bond acceptors (Lipinski definition) is 4. The van der Waals surface area contributed by atoms with E-state index in [1.807, 2.05) is 36.4 Å². The van der Waals surface area contributed by atoms with Crippen molar-refractivity contribution >= 4 is 11.6 Å². The number of nitrogens with zero attached hydrogens (tertiary/aromatic N) is 2. The molecule has 4 nitrogen and oxygen atoms in total. The van der Waals surface area contributed by atoms with Gasteiger partial charge in [0.25, 0.3) is 0 Å². The summed E-state index contributed by atoms with van der Waals surface area (Å²) in [5, 5.41) is 6.89. The predicted molar refractivity (Wildman–Crippen MR) is 87.5 cm³/mol. The van der Waals surface area contributed by atoms with E-state index in [4.69, 9.17) is 0 Å². The Bertz CT molecular complexity index is 605. The number of nitrogens with one attached hydrogen (secondary N) is 2. The minimum Gasteiger partial charge on any atom is -0.370 e. The van der Waals surface area contributed by atoms with E-state index < -0.39 is 0 Å². The molecule has 3 rings (SSSR count). The minimum absolute atomic E-state index is 0.213. The van der Waals surface area contributed by atoms with Crippen LogP contribution in [-0.2, 0) is 0 Å². The van der Waals surface area contributed by atoms with E-state index in [0.717, 1.165) is 36.0 Å². The fourth-order valence-corrected chi connectivity index (χ4v) is 2.19. The summed E-state index contributed by atoms with van der Waals surface area (Å²) in [7, 11) is 0. The summed E-state index contributed by atoms with van der Waals surface area (Å²) in [6, 6.07) is 12.1. The molecule has 1 fully saturated rings. The third kappa shape index (κ3) is 3.51. The Kier molecular flexibility index (Phi) is 3.78. The monoisotopic (exact) mass is 282 g/mol. The lowest BCUT2D eigenvalue weighted by atomic mass is 10.2. The van der Waals surface area contributed by atoms with Crippen LogP contribution in [0.15, 0.2) is 36.4 Å². The van der Waals surface area contributed by atoms with Crippen LogP contribution in [0.1, 0.15) is 33.1 Å². The van der Waals surface area contributed by atoms with Gasteiger partial charge in [0, 0.05) is 23.7 Å². The molecule has 1 aliphatic carbocycles. The molecule has 0 aliphatic heterocycles. The third-order valence-electron chi connectivity index (χ3n) is 3.74. The second kappa shape index (κ2) is 5.72. The van der Waals surface area contributed by atoms with E-state index in [1.165, 1.54) is 12.8 Å². The maximum atomic E-state index is 4.67. The Morgan fingerprint density at radius 2 is 1.81 bits per heavy atom. The lowest BCUT2D eigenvalue weighted by Gasteiger charge is -2.15. The summed E-state index contributed by atoms with van der Waals surface area (Å²) in [4.78, 5) is 9.30. The molecule has 1 saturated carbocycles. The van der Waals surface area contributed by atoms with Gasteiger partial charge in [-0.25, -0.2) is 9.97 Å². The Hall–Kier alpha value is -2.10. The molecule has 1 aromatic heterocycles. The van der Waals surface area contributed by atoms with Crippen molar-refractivity contribution in [2.75, 3.05) is 17.2 Å². The molecule has 1 aliphatic rings. The molecule has 2 N–H and O–H groups in total. The van der Waals surface area contributed by atoms with Gasteiger partial charge in [-0.15, -0.1) is 0 Å². The number of rotatable bonds is 6. The first kappa shape index (κ1) is 13.9. The van der Waals surface area contributed by atoms with Crippen LogP contribution in [0.3, 0.4) is 0 Å². The van der Waals surface area contributed by atoms with Crippen LogP contribution < -0.4 is 10.6 Å². The number of hydrogen-bond donors (Lipinski definition) is 2. The van der Waals surface area contributed by atoms with E-state index in [2.05, 4.69) is 34.4 Å². The number of benzene rings is 1. The average Bonchev–Trinajstić information content (AvgIpc) is 3.23. The fraction of sp³-hybridized carbons (Fsp3) is 0.412. The lowest BCUT2D eigenvalue weighted by molar-refractivity contribution is 0.819. The zero-order valence-corrected chi connectivity index (χ0v) is 12.7. The molecule has 21 heavy (non-hydrogen) atoms. The smallest absolute Gasteiger partial charge is 0.163 e. The van der Waals surface area contributed by atoms with Crippen molar-refractivity contribution in [2.24, 2.45) is 0 Å². The average molecular weight is 282 g/mol. The molecule has 110 valence electrons. The van der Waals surface area contributed by atoms with Crippen LogP contribution in [0.5, 0.6) is 0 Å². The summed E-state index contributed by atoms with van der Waals surface area (Å²) in [5.74, 6) is 2.56. The lowest BCUT2D eigenvalue weighted by Crippen LogP contribution is -2.17. The topological polar surface area (TPSA) is 49.8 Å². The summed E-state index contributed by atoms with van der Waals surface area (Å²) < 4.78 is 0. The van der Waals surface area contributed by atoms with Gasteiger partial charge in [-0.05, 0) is 26.2 Å². The van der Waals surface area contributed by atoms with E-state index in [-0.39, 0.29) is 5.54 Å². The van der Waals surface area contributed by atoms with Crippen LogP contribution in [0.2, 0.25) is 0 Å². The first-order valence-electron chi connectivity index (χ1n) is 7.65. The van der Waals surface area contributed by atoms with Crippen molar-refractivity contribution in [1.29, 1.82) is 0 Å². The van der Waals surface area contributed by atoms with Crippen LogP contribution in [0, 0.1) is 0 Å². The largest absolute Gasteiger partial charge is 0.370 e. The van der Waals surface area contributed by atoms with Gasteiger partial charge in [0.2, 0.25) is 0 Å². The SMILES string of the molecule is CCCNc1cc(NC2(C)CC2)nc(-c2ccccc2)n1. The van der Waals surface area contributed by atoms with E-state index in [1.54, 1.807) is 0 Å². The van der Waals surface area contributed by atoms with Crippen molar-refractivity contribution in [2.45, 2.75) is 38.6 Å². The molecular formula is C17H22N4. The first-order valence-corrected chi connectivity index (χ1v) is 7.65. The molecule has 0 radical (unpaired) electrons. The van der Waals surface area contributed by atoms with E-state index in [9.17, 15) is 0 Å². The molecule has 1 heterocycles. The standard InChI is InChI=1S/C17H22N4/c1-3-11-18-14-12-15(21-17(2)9-10-17)20-16(19-14)13-7-5-4-6-8-13/h4-8,12H,3,9-11H2,1-2H3,(H2,18,19,20,21). The number of aromatic nitrogens is 2. The molecule has 0 bridgehead atoms. The zero-order valence-electron chi connectivity index (χ0n) is 12.7. The molecular weight excluding hydrogens is 260 g/mol. The summed E-state index contributed by atoms with van der Waals surface area (Å²) in [6.07, 6.45) is 3.48. The van der Waals surface area contributed by atoms with Crippen molar-refractivity contribution < 1.29 is 0 Å².